The zero-order chi connectivity index (χ0) is 12.2. The van der Waals surface area contributed by atoms with Crippen molar-refractivity contribution in [2.24, 2.45) is 0 Å². The Hall–Kier alpha value is -0.260. The molecule has 0 aliphatic heterocycles. The summed E-state index contributed by atoms with van der Waals surface area (Å²) in [5.41, 5.74) is 0.672. The van der Waals surface area contributed by atoms with Gasteiger partial charge in [-0.25, -0.2) is 0 Å². The highest BCUT2D eigenvalue weighted by Gasteiger charge is 2.37. The van der Waals surface area contributed by atoms with Crippen LogP contribution in [0.4, 0.5) is 13.2 Å². The monoisotopic (exact) mass is 316 g/mol. The molecular formula is C10H9BrClF3O. The average Bonchev–Trinajstić information content (AvgIpc) is 2.19. The Morgan fingerprint density at radius 2 is 1.94 bits per heavy atom. The molecule has 6 heteroatoms. The van der Waals surface area contributed by atoms with Gasteiger partial charge in [-0.3, -0.25) is 0 Å². The number of hydrogen-bond acceptors (Lipinski definition) is 1. The summed E-state index contributed by atoms with van der Waals surface area (Å²) in [7, 11) is 0. The van der Waals surface area contributed by atoms with Gasteiger partial charge >= 0.3 is 6.18 Å². The molecule has 0 fully saturated rings. The summed E-state index contributed by atoms with van der Waals surface area (Å²) in [5.74, 6) is 0. The molecule has 0 radical (unpaired) electrons. The molecule has 0 aliphatic carbocycles. The molecule has 0 spiro atoms. The lowest BCUT2D eigenvalue weighted by atomic mass is 10.2. The molecule has 0 aromatic heterocycles. The predicted molar refractivity (Wildman–Crippen MR) is 59.9 cm³/mol. The van der Waals surface area contributed by atoms with E-state index in [1.54, 1.807) is 24.3 Å². The van der Waals surface area contributed by atoms with Crippen LogP contribution in [0.15, 0.2) is 24.3 Å². The van der Waals surface area contributed by atoms with E-state index in [9.17, 15) is 13.2 Å². The van der Waals surface area contributed by atoms with Gasteiger partial charge in [0.2, 0.25) is 0 Å². The van der Waals surface area contributed by atoms with Crippen molar-refractivity contribution in [3.8, 4) is 0 Å². The van der Waals surface area contributed by atoms with E-state index in [0.717, 1.165) is 0 Å². The van der Waals surface area contributed by atoms with Gasteiger partial charge < -0.3 is 4.74 Å². The Labute approximate surface area is 105 Å². The number of alkyl halides is 4. The van der Waals surface area contributed by atoms with Crippen LogP contribution in [0.2, 0.25) is 5.02 Å². The van der Waals surface area contributed by atoms with E-state index in [2.05, 4.69) is 15.9 Å². The van der Waals surface area contributed by atoms with Crippen molar-refractivity contribution in [3.63, 3.8) is 0 Å². The molecule has 1 atom stereocenters. The first-order valence-electron chi connectivity index (χ1n) is 4.43. The van der Waals surface area contributed by atoms with Gasteiger partial charge in [0.1, 0.15) is 4.83 Å². The molecule has 0 saturated carbocycles. The first-order valence-corrected chi connectivity index (χ1v) is 5.72. The smallest absolute Gasteiger partial charge is 0.375 e. The number of benzene rings is 1. The van der Waals surface area contributed by atoms with E-state index >= 15 is 0 Å². The van der Waals surface area contributed by atoms with Crippen LogP contribution in [0.25, 0.3) is 0 Å². The molecule has 1 unspecified atom stereocenters. The van der Waals surface area contributed by atoms with Crippen molar-refractivity contribution in [1.29, 1.82) is 0 Å². The maximum absolute atomic E-state index is 12.1. The minimum absolute atomic E-state index is 0.0673. The summed E-state index contributed by atoms with van der Waals surface area (Å²) in [4.78, 5) is -1.65. The standard InChI is InChI=1S/C10H9BrClF3O/c11-9(10(13,14)15)6-16-5-7-3-1-2-4-8(7)12/h1-4,9H,5-6H2. The Morgan fingerprint density at radius 3 is 2.50 bits per heavy atom. The molecule has 16 heavy (non-hydrogen) atoms. The van der Waals surface area contributed by atoms with Gasteiger partial charge in [-0.15, -0.1) is 0 Å². The van der Waals surface area contributed by atoms with Crippen molar-refractivity contribution < 1.29 is 17.9 Å². The molecule has 1 aromatic rings. The third-order valence-electron chi connectivity index (χ3n) is 1.83. The van der Waals surface area contributed by atoms with E-state index in [1.807, 2.05) is 0 Å². The highest BCUT2D eigenvalue weighted by Crippen LogP contribution is 2.26. The molecule has 1 rings (SSSR count). The molecule has 90 valence electrons. The van der Waals surface area contributed by atoms with Gasteiger partial charge in [-0.1, -0.05) is 45.7 Å². The van der Waals surface area contributed by atoms with Gasteiger partial charge in [0.25, 0.3) is 0 Å². The topological polar surface area (TPSA) is 9.23 Å². The molecule has 0 N–H and O–H groups in total. The van der Waals surface area contributed by atoms with Gasteiger partial charge in [0.15, 0.2) is 0 Å². The van der Waals surface area contributed by atoms with Crippen LogP contribution in [0.3, 0.4) is 0 Å². The third-order valence-corrected chi connectivity index (χ3v) is 2.99. The van der Waals surface area contributed by atoms with Crippen molar-refractivity contribution in [2.75, 3.05) is 6.61 Å². The molecule has 0 amide bonds. The summed E-state index contributed by atoms with van der Waals surface area (Å²) < 4.78 is 41.2. The van der Waals surface area contributed by atoms with Crippen LogP contribution in [-0.2, 0) is 11.3 Å². The zero-order valence-electron chi connectivity index (χ0n) is 8.10. The number of halogens is 5. The second-order valence-electron chi connectivity index (χ2n) is 3.12. The summed E-state index contributed by atoms with van der Waals surface area (Å²) >= 11 is 8.32. The van der Waals surface area contributed by atoms with Crippen molar-refractivity contribution in [3.05, 3.63) is 34.9 Å². The highest BCUT2D eigenvalue weighted by atomic mass is 79.9. The maximum Gasteiger partial charge on any atom is 0.403 e. The second kappa shape index (κ2) is 5.89. The lowest BCUT2D eigenvalue weighted by molar-refractivity contribution is -0.138. The van der Waals surface area contributed by atoms with Crippen LogP contribution in [0, 0.1) is 0 Å². The fourth-order valence-corrected chi connectivity index (χ4v) is 1.36. The van der Waals surface area contributed by atoms with Gasteiger partial charge in [-0.2, -0.15) is 13.2 Å². The van der Waals surface area contributed by atoms with Crippen LogP contribution in [0.1, 0.15) is 5.56 Å². The molecule has 0 aliphatic rings. The predicted octanol–water partition coefficient (Wildman–Crippen LogP) is 4.18. The van der Waals surface area contributed by atoms with E-state index in [0.29, 0.717) is 10.6 Å². The number of ether oxygens (including phenoxy) is 1. The summed E-state index contributed by atoms with van der Waals surface area (Å²) in [6.07, 6.45) is -4.29. The highest BCUT2D eigenvalue weighted by molar-refractivity contribution is 9.09. The molecular weight excluding hydrogens is 308 g/mol. The van der Waals surface area contributed by atoms with Gasteiger partial charge in [0.05, 0.1) is 13.2 Å². The zero-order valence-corrected chi connectivity index (χ0v) is 10.4. The van der Waals surface area contributed by atoms with Gasteiger partial charge in [-0.05, 0) is 11.6 Å². The van der Waals surface area contributed by atoms with Crippen LogP contribution < -0.4 is 0 Å². The first kappa shape index (κ1) is 13.8. The second-order valence-corrected chi connectivity index (χ2v) is 4.63. The lowest BCUT2D eigenvalue weighted by Gasteiger charge is -2.14. The van der Waals surface area contributed by atoms with Crippen LogP contribution in [0.5, 0.6) is 0 Å². The largest absolute Gasteiger partial charge is 0.403 e. The SMILES string of the molecule is FC(F)(F)C(Br)COCc1ccccc1Cl. The molecule has 1 nitrogen and oxygen atoms in total. The summed E-state index contributed by atoms with van der Waals surface area (Å²) in [6, 6.07) is 6.86. The van der Waals surface area contributed by atoms with E-state index in [4.69, 9.17) is 16.3 Å². The fraction of sp³-hybridized carbons (Fsp3) is 0.400. The lowest BCUT2D eigenvalue weighted by Crippen LogP contribution is -2.27. The quantitative estimate of drug-likeness (QED) is 0.757. The Balaban J connectivity index is 2.40. The van der Waals surface area contributed by atoms with Crippen LogP contribution >= 0.6 is 27.5 Å². The first-order chi connectivity index (χ1) is 7.41. The average molecular weight is 318 g/mol. The minimum Gasteiger partial charge on any atom is -0.375 e. The maximum atomic E-state index is 12.1. The normalized spacial score (nSPS) is 13.8. The summed E-state index contributed by atoms with van der Waals surface area (Å²) in [5, 5.41) is 0.487. The minimum atomic E-state index is -4.29. The number of hydrogen-bond donors (Lipinski definition) is 0. The Bertz CT molecular complexity index is 343. The van der Waals surface area contributed by atoms with Crippen molar-refractivity contribution in [1.82, 2.24) is 0 Å². The number of rotatable bonds is 4. The Morgan fingerprint density at radius 1 is 1.31 bits per heavy atom. The van der Waals surface area contributed by atoms with Crippen molar-refractivity contribution in [2.45, 2.75) is 17.6 Å². The van der Waals surface area contributed by atoms with E-state index in [-0.39, 0.29) is 6.61 Å². The van der Waals surface area contributed by atoms with Crippen molar-refractivity contribution >= 4 is 27.5 Å². The molecule has 0 bridgehead atoms. The third kappa shape index (κ3) is 4.31. The van der Waals surface area contributed by atoms with E-state index < -0.39 is 17.6 Å². The molecule has 1 aromatic carbocycles. The summed E-state index contributed by atoms with van der Waals surface area (Å²) in [6.45, 7) is -0.368. The van der Waals surface area contributed by atoms with E-state index in [1.165, 1.54) is 0 Å². The van der Waals surface area contributed by atoms with Gasteiger partial charge in [0, 0.05) is 5.02 Å². The molecule has 0 heterocycles. The Kier molecular flexibility index (Phi) is 5.08. The fourth-order valence-electron chi connectivity index (χ4n) is 0.982. The molecule has 0 saturated heterocycles. The van der Waals surface area contributed by atoms with Crippen LogP contribution in [-0.4, -0.2) is 17.6 Å².